The van der Waals surface area contributed by atoms with E-state index in [-0.39, 0.29) is 5.75 Å². The van der Waals surface area contributed by atoms with Gasteiger partial charge >= 0.3 is 5.97 Å². The van der Waals surface area contributed by atoms with E-state index in [0.717, 1.165) is 37.7 Å². The number of hydrogen-bond donors (Lipinski definition) is 0. The van der Waals surface area contributed by atoms with Crippen molar-refractivity contribution in [3.63, 3.8) is 0 Å². The Balaban J connectivity index is 1.80. The molecule has 0 bridgehead atoms. The number of aryl methyl sites for hydroxylation is 2. The SMILES string of the molecule is CCCCCCCCCCc1ccc(OC(=O)c2ccc(CCCCCCC)cc2)c(F)c1F. The first kappa shape index (κ1) is 28.0. The lowest BCUT2D eigenvalue weighted by atomic mass is 10.0. The highest BCUT2D eigenvalue weighted by molar-refractivity contribution is 5.91. The molecule has 0 aliphatic carbocycles. The summed E-state index contributed by atoms with van der Waals surface area (Å²) in [5.41, 5.74) is 1.83. The summed E-state index contributed by atoms with van der Waals surface area (Å²) >= 11 is 0. The summed E-state index contributed by atoms with van der Waals surface area (Å²) in [5.74, 6) is -3.04. The normalized spacial score (nSPS) is 11.1. The van der Waals surface area contributed by atoms with Gasteiger partial charge < -0.3 is 4.74 Å². The number of carbonyl (C=O) groups is 1. The molecule has 0 aromatic heterocycles. The smallest absolute Gasteiger partial charge is 0.343 e. The summed E-state index contributed by atoms with van der Waals surface area (Å²) < 4.78 is 34.2. The van der Waals surface area contributed by atoms with Gasteiger partial charge in [0.1, 0.15) is 0 Å². The molecule has 4 heteroatoms. The number of carbonyl (C=O) groups excluding carboxylic acids is 1. The van der Waals surface area contributed by atoms with Crippen LogP contribution in [-0.4, -0.2) is 5.97 Å². The molecule has 2 nitrogen and oxygen atoms in total. The molecular weight excluding hydrogens is 430 g/mol. The standard InChI is InChI=1S/C30H42F2O2/c1-3-5-7-9-10-11-13-15-17-25-22-23-27(29(32)28(25)31)34-30(33)26-20-18-24(19-21-26)16-14-12-8-6-4-2/h18-23H,3-17H2,1-2H3. The van der Waals surface area contributed by atoms with Gasteiger partial charge in [-0.1, -0.05) is 103 Å². The maximum Gasteiger partial charge on any atom is 0.343 e. The average molecular weight is 473 g/mol. The summed E-state index contributed by atoms with van der Waals surface area (Å²) in [4.78, 5) is 12.4. The highest BCUT2D eigenvalue weighted by Gasteiger charge is 2.18. The topological polar surface area (TPSA) is 26.3 Å². The summed E-state index contributed by atoms with van der Waals surface area (Å²) in [7, 11) is 0. The Morgan fingerprint density at radius 3 is 1.76 bits per heavy atom. The molecular formula is C30H42F2O2. The Labute approximate surface area is 205 Å². The molecule has 0 aliphatic heterocycles. The van der Waals surface area contributed by atoms with Crippen molar-refractivity contribution in [3.05, 3.63) is 64.7 Å². The number of rotatable bonds is 17. The summed E-state index contributed by atoms with van der Waals surface area (Å²) in [6.07, 6.45) is 16.8. The van der Waals surface area contributed by atoms with Crippen LogP contribution >= 0.6 is 0 Å². The van der Waals surface area contributed by atoms with Crippen LogP contribution in [0.25, 0.3) is 0 Å². The third kappa shape index (κ3) is 9.95. The first-order valence-corrected chi connectivity index (χ1v) is 13.3. The lowest BCUT2D eigenvalue weighted by Gasteiger charge is -2.10. The molecule has 0 atom stereocenters. The van der Waals surface area contributed by atoms with Crippen LogP contribution in [0.5, 0.6) is 5.75 Å². The number of benzene rings is 2. The summed E-state index contributed by atoms with van der Waals surface area (Å²) in [5, 5.41) is 0. The lowest BCUT2D eigenvalue weighted by Crippen LogP contribution is -2.11. The van der Waals surface area contributed by atoms with Crippen LogP contribution in [0.15, 0.2) is 36.4 Å². The van der Waals surface area contributed by atoms with Crippen molar-refractivity contribution in [3.8, 4) is 5.75 Å². The highest BCUT2D eigenvalue weighted by atomic mass is 19.2. The van der Waals surface area contributed by atoms with Gasteiger partial charge in [-0.3, -0.25) is 0 Å². The van der Waals surface area contributed by atoms with Crippen molar-refractivity contribution >= 4 is 5.97 Å². The van der Waals surface area contributed by atoms with Crippen LogP contribution in [0.3, 0.4) is 0 Å². The lowest BCUT2D eigenvalue weighted by molar-refractivity contribution is 0.0726. The minimum Gasteiger partial charge on any atom is -0.420 e. The maximum atomic E-state index is 14.5. The van der Waals surface area contributed by atoms with E-state index in [2.05, 4.69) is 13.8 Å². The number of esters is 1. The van der Waals surface area contributed by atoms with E-state index in [9.17, 15) is 13.6 Å². The van der Waals surface area contributed by atoms with E-state index >= 15 is 0 Å². The molecule has 0 unspecified atom stereocenters. The summed E-state index contributed by atoms with van der Waals surface area (Å²) in [6.45, 7) is 4.40. The van der Waals surface area contributed by atoms with Crippen molar-refractivity contribution in [2.24, 2.45) is 0 Å². The van der Waals surface area contributed by atoms with Gasteiger partial charge in [0.25, 0.3) is 0 Å². The number of ether oxygens (including phenoxy) is 1. The Bertz CT molecular complexity index is 846. The summed E-state index contributed by atoms with van der Waals surface area (Å²) in [6, 6.07) is 10.1. The second kappa shape index (κ2) is 16.4. The third-order valence-corrected chi connectivity index (χ3v) is 6.39. The van der Waals surface area contributed by atoms with Crippen LogP contribution in [-0.2, 0) is 12.8 Å². The highest BCUT2D eigenvalue weighted by Crippen LogP contribution is 2.25. The first-order valence-electron chi connectivity index (χ1n) is 13.3. The van der Waals surface area contributed by atoms with Crippen LogP contribution in [0.4, 0.5) is 8.78 Å². The predicted octanol–water partition coefficient (Wildman–Crippen LogP) is 9.38. The molecule has 0 saturated heterocycles. The van der Waals surface area contributed by atoms with Gasteiger partial charge in [-0.2, -0.15) is 4.39 Å². The quantitative estimate of drug-likeness (QED) is 0.130. The number of hydrogen-bond acceptors (Lipinski definition) is 2. The minimum atomic E-state index is -1.09. The molecule has 34 heavy (non-hydrogen) atoms. The molecule has 0 radical (unpaired) electrons. The third-order valence-electron chi connectivity index (χ3n) is 6.39. The zero-order valence-corrected chi connectivity index (χ0v) is 21.1. The Hall–Kier alpha value is -2.23. The Kier molecular flexibility index (Phi) is 13.5. The van der Waals surface area contributed by atoms with E-state index in [0.29, 0.717) is 17.5 Å². The van der Waals surface area contributed by atoms with Crippen molar-refractivity contribution < 1.29 is 18.3 Å². The average Bonchev–Trinajstić information content (AvgIpc) is 2.85. The fourth-order valence-electron chi connectivity index (χ4n) is 4.19. The molecule has 2 rings (SSSR count). The molecule has 0 heterocycles. The van der Waals surface area contributed by atoms with Crippen LogP contribution in [0.2, 0.25) is 0 Å². The van der Waals surface area contributed by atoms with Crippen LogP contribution in [0.1, 0.15) is 119 Å². The van der Waals surface area contributed by atoms with E-state index in [1.165, 1.54) is 69.9 Å². The van der Waals surface area contributed by atoms with E-state index in [1.54, 1.807) is 12.1 Å². The van der Waals surface area contributed by atoms with Crippen LogP contribution in [0, 0.1) is 11.6 Å². The maximum absolute atomic E-state index is 14.5. The predicted molar refractivity (Wildman–Crippen MR) is 137 cm³/mol. The molecule has 0 aliphatic rings. The number of halogens is 2. The second-order valence-corrected chi connectivity index (χ2v) is 9.33. The van der Waals surface area contributed by atoms with Crippen molar-refractivity contribution in [1.29, 1.82) is 0 Å². The van der Waals surface area contributed by atoms with Gasteiger partial charge in [0, 0.05) is 0 Å². The molecule has 0 saturated carbocycles. The molecule has 188 valence electrons. The fraction of sp³-hybridized carbons (Fsp3) is 0.567. The zero-order valence-electron chi connectivity index (χ0n) is 21.1. The van der Waals surface area contributed by atoms with Crippen LogP contribution < -0.4 is 4.74 Å². The Morgan fingerprint density at radius 2 is 1.18 bits per heavy atom. The van der Waals surface area contributed by atoms with Gasteiger partial charge in [0.2, 0.25) is 5.82 Å². The number of unbranched alkanes of at least 4 members (excludes halogenated alkanes) is 11. The molecule has 2 aromatic carbocycles. The van der Waals surface area contributed by atoms with E-state index in [1.807, 2.05) is 12.1 Å². The fourth-order valence-corrected chi connectivity index (χ4v) is 4.19. The molecule has 0 N–H and O–H groups in total. The molecule has 2 aromatic rings. The van der Waals surface area contributed by atoms with Gasteiger partial charge in [-0.25, -0.2) is 9.18 Å². The minimum absolute atomic E-state index is 0.331. The largest absolute Gasteiger partial charge is 0.420 e. The van der Waals surface area contributed by atoms with Crippen molar-refractivity contribution in [1.82, 2.24) is 0 Å². The molecule has 0 amide bonds. The molecule has 0 spiro atoms. The van der Waals surface area contributed by atoms with Crippen molar-refractivity contribution in [2.45, 2.75) is 110 Å². The zero-order chi connectivity index (χ0) is 24.6. The van der Waals surface area contributed by atoms with E-state index in [4.69, 9.17) is 4.74 Å². The van der Waals surface area contributed by atoms with Crippen molar-refractivity contribution in [2.75, 3.05) is 0 Å². The van der Waals surface area contributed by atoms with Gasteiger partial charge in [0.15, 0.2) is 11.6 Å². The van der Waals surface area contributed by atoms with Gasteiger partial charge in [0.05, 0.1) is 5.56 Å². The van der Waals surface area contributed by atoms with E-state index < -0.39 is 17.6 Å². The first-order chi connectivity index (χ1) is 16.6. The second-order valence-electron chi connectivity index (χ2n) is 9.33. The Morgan fingerprint density at radius 1 is 0.647 bits per heavy atom. The van der Waals surface area contributed by atoms with Gasteiger partial charge in [-0.05, 0) is 55.0 Å². The molecule has 0 fully saturated rings. The van der Waals surface area contributed by atoms with Gasteiger partial charge in [-0.15, -0.1) is 0 Å². The monoisotopic (exact) mass is 472 g/mol.